The number of halogens is 1. The third-order valence-corrected chi connectivity index (χ3v) is 5.00. The molecule has 94 valence electrons. The van der Waals surface area contributed by atoms with Gasteiger partial charge in [-0.1, -0.05) is 28.1 Å². The van der Waals surface area contributed by atoms with Gasteiger partial charge in [-0.3, -0.25) is 0 Å². The minimum atomic E-state index is 0.972. The Morgan fingerprint density at radius 2 is 1.95 bits per heavy atom. The van der Waals surface area contributed by atoms with E-state index in [1.807, 2.05) is 6.07 Å². The predicted octanol–water partition coefficient (Wildman–Crippen LogP) is 4.33. The summed E-state index contributed by atoms with van der Waals surface area (Å²) in [6.07, 6.45) is 0. The molecule has 1 aromatic heterocycles. The molecule has 4 rings (SSSR count). The summed E-state index contributed by atoms with van der Waals surface area (Å²) in [6.45, 7) is 1.96. The highest BCUT2D eigenvalue weighted by molar-refractivity contribution is 9.10. The van der Waals surface area contributed by atoms with Crippen molar-refractivity contribution in [3.05, 3.63) is 52.0 Å². The summed E-state index contributed by atoms with van der Waals surface area (Å²) < 4.78 is 2.33. The van der Waals surface area contributed by atoms with Crippen molar-refractivity contribution in [1.29, 1.82) is 0 Å². The lowest BCUT2D eigenvalue weighted by Crippen LogP contribution is -1.99. The van der Waals surface area contributed by atoms with E-state index in [9.17, 15) is 0 Å². The first kappa shape index (κ1) is 11.6. The van der Waals surface area contributed by atoms with Crippen molar-refractivity contribution in [2.45, 2.75) is 13.1 Å². The number of hydrogen-bond donors (Lipinski definition) is 1. The number of fused-ring (bicyclic) bond motifs is 2. The molecular formula is C15H11BrN2S. The van der Waals surface area contributed by atoms with Gasteiger partial charge in [-0.05, 0) is 35.4 Å². The number of benzene rings is 2. The zero-order valence-electron chi connectivity index (χ0n) is 10.1. The molecule has 0 fully saturated rings. The highest BCUT2D eigenvalue weighted by Gasteiger charge is 2.13. The average molecular weight is 331 g/mol. The SMILES string of the molecule is Brc1ccc2nc(-c3ccc4c(c3)CNC4)sc2c1. The molecule has 2 heterocycles. The van der Waals surface area contributed by atoms with Gasteiger partial charge in [0.25, 0.3) is 0 Å². The van der Waals surface area contributed by atoms with Gasteiger partial charge in [0.2, 0.25) is 0 Å². The van der Waals surface area contributed by atoms with Crippen LogP contribution >= 0.6 is 27.3 Å². The second kappa shape index (κ2) is 4.40. The van der Waals surface area contributed by atoms with Crippen LogP contribution in [0.2, 0.25) is 0 Å². The van der Waals surface area contributed by atoms with E-state index in [1.165, 1.54) is 21.4 Å². The van der Waals surface area contributed by atoms with Crippen LogP contribution in [0.25, 0.3) is 20.8 Å². The van der Waals surface area contributed by atoms with E-state index in [0.29, 0.717) is 0 Å². The van der Waals surface area contributed by atoms with Gasteiger partial charge >= 0.3 is 0 Å². The van der Waals surface area contributed by atoms with Crippen LogP contribution in [0.1, 0.15) is 11.1 Å². The van der Waals surface area contributed by atoms with Crippen molar-refractivity contribution < 1.29 is 0 Å². The Kier molecular flexibility index (Phi) is 2.69. The van der Waals surface area contributed by atoms with E-state index in [2.05, 4.69) is 51.6 Å². The van der Waals surface area contributed by atoms with Crippen LogP contribution in [-0.2, 0) is 13.1 Å². The quantitative estimate of drug-likeness (QED) is 0.718. The van der Waals surface area contributed by atoms with E-state index in [4.69, 9.17) is 4.98 Å². The Balaban J connectivity index is 1.85. The van der Waals surface area contributed by atoms with Crippen molar-refractivity contribution in [1.82, 2.24) is 10.3 Å². The fourth-order valence-corrected chi connectivity index (χ4v) is 3.96. The summed E-state index contributed by atoms with van der Waals surface area (Å²) >= 11 is 5.26. The maximum Gasteiger partial charge on any atom is 0.124 e. The van der Waals surface area contributed by atoms with Gasteiger partial charge in [0.15, 0.2) is 0 Å². The lowest BCUT2D eigenvalue weighted by molar-refractivity contribution is 0.765. The fraction of sp³-hybridized carbons (Fsp3) is 0.133. The smallest absolute Gasteiger partial charge is 0.124 e. The number of nitrogens with zero attached hydrogens (tertiary/aromatic N) is 1. The van der Waals surface area contributed by atoms with Gasteiger partial charge in [-0.15, -0.1) is 11.3 Å². The van der Waals surface area contributed by atoms with Gasteiger partial charge in [0, 0.05) is 23.1 Å². The third-order valence-electron chi connectivity index (χ3n) is 3.43. The molecule has 1 aliphatic heterocycles. The topological polar surface area (TPSA) is 24.9 Å². The normalized spacial score (nSPS) is 13.9. The van der Waals surface area contributed by atoms with E-state index >= 15 is 0 Å². The zero-order chi connectivity index (χ0) is 12.8. The largest absolute Gasteiger partial charge is 0.309 e. The minimum absolute atomic E-state index is 0.972. The van der Waals surface area contributed by atoms with Crippen LogP contribution in [0, 0.1) is 0 Å². The average Bonchev–Trinajstić information content (AvgIpc) is 3.02. The molecule has 4 heteroatoms. The highest BCUT2D eigenvalue weighted by atomic mass is 79.9. The summed E-state index contributed by atoms with van der Waals surface area (Å²) in [4.78, 5) is 4.73. The van der Waals surface area contributed by atoms with Gasteiger partial charge < -0.3 is 5.32 Å². The van der Waals surface area contributed by atoms with E-state index < -0.39 is 0 Å². The zero-order valence-corrected chi connectivity index (χ0v) is 12.5. The van der Waals surface area contributed by atoms with Gasteiger partial charge in [-0.25, -0.2) is 4.98 Å². The summed E-state index contributed by atoms with van der Waals surface area (Å²) in [5.41, 5.74) is 5.10. The first-order valence-electron chi connectivity index (χ1n) is 6.18. The highest BCUT2D eigenvalue weighted by Crippen LogP contribution is 2.33. The molecule has 3 aromatic rings. The van der Waals surface area contributed by atoms with Crippen LogP contribution in [0.4, 0.5) is 0 Å². The summed E-state index contributed by atoms with van der Waals surface area (Å²) in [7, 11) is 0. The van der Waals surface area contributed by atoms with Crippen LogP contribution in [0.3, 0.4) is 0 Å². The Morgan fingerprint density at radius 1 is 1.05 bits per heavy atom. The van der Waals surface area contributed by atoms with Crippen molar-refractivity contribution in [2.24, 2.45) is 0 Å². The predicted molar refractivity (Wildman–Crippen MR) is 83.3 cm³/mol. The molecule has 1 aliphatic rings. The Hall–Kier alpha value is -1.23. The van der Waals surface area contributed by atoms with E-state index in [-0.39, 0.29) is 0 Å². The van der Waals surface area contributed by atoms with Gasteiger partial charge in [-0.2, -0.15) is 0 Å². The first-order valence-corrected chi connectivity index (χ1v) is 7.79. The minimum Gasteiger partial charge on any atom is -0.309 e. The van der Waals surface area contributed by atoms with Crippen LogP contribution < -0.4 is 5.32 Å². The second-order valence-corrected chi connectivity index (χ2v) is 6.66. The van der Waals surface area contributed by atoms with Gasteiger partial charge in [0.05, 0.1) is 10.2 Å². The molecule has 1 N–H and O–H groups in total. The van der Waals surface area contributed by atoms with Crippen molar-refractivity contribution in [2.75, 3.05) is 0 Å². The Morgan fingerprint density at radius 3 is 2.89 bits per heavy atom. The molecule has 0 radical (unpaired) electrons. The molecule has 19 heavy (non-hydrogen) atoms. The van der Waals surface area contributed by atoms with Crippen molar-refractivity contribution in [3.8, 4) is 10.6 Å². The lowest BCUT2D eigenvalue weighted by Gasteiger charge is -2.00. The molecule has 0 aliphatic carbocycles. The molecule has 0 saturated heterocycles. The van der Waals surface area contributed by atoms with Crippen molar-refractivity contribution >= 4 is 37.5 Å². The molecular weight excluding hydrogens is 320 g/mol. The van der Waals surface area contributed by atoms with Crippen LogP contribution in [0.5, 0.6) is 0 Å². The van der Waals surface area contributed by atoms with Crippen molar-refractivity contribution in [3.63, 3.8) is 0 Å². The maximum absolute atomic E-state index is 4.73. The molecule has 0 amide bonds. The fourth-order valence-electron chi connectivity index (χ4n) is 2.45. The third kappa shape index (κ3) is 2.00. The standard InChI is InChI=1S/C15H11BrN2S/c16-12-3-4-13-14(6-12)19-15(18-13)9-1-2-10-7-17-8-11(10)5-9/h1-6,17H,7-8H2. The lowest BCUT2D eigenvalue weighted by atomic mass is 10.1. The number of hydrogen-bond acceptors (Lipinski definition) is 3. The molecule has 0 saturated carbocycles. The molecule has 0 unspecified atom stereocenters. The second-order valence-electron chi connectivity index (χ2n) is 4.72. The Labute approximate surface area is 123 Å². The number of thiazole rings is 1. The van der Waals surface area contributed by atoms with Crippen LogP contribution in [-0.4, -0.2) is 4.98 Å². The maximum atomic E-state index is 4.73. The Bertz CT molecular complexity index is 779. The number of rotatable bonds is 1. The molecule has 0 atom stereocenters. The van der Waals surface area contributed by atoms with E-state index in [1.54, 1.807) is 11.3 Å². The van der Waals surface area contributed by atoms with Crippen LogP contribution in [0.15, 0.2) is 40.9 Å². The molecule has 0 bridgehead atoms. The summed E-state index contributed by atoms with van der Waals surface area (Å²) in [6, 6.07) is 12.9. The summed E-state index contributed by atoms with van der Waals surface area (Å²) in [5.74, 6) is 0. The molecule has 2 nitrogen and oxygen atoms in total. The van der Waals surface area contributed by atoms with Gasteiger partial charge in [0.1, 0.15) is 5.01 Å². The first-order chi connectivity index (χ1) is 9.29. The van der Waals surface area contributed by atoms with E-state index in [0.717, 1.165) is 28.1 Å². The monoisotopic (exact) mass is 330 g/mol. The molecule has 0 spiro atoms. The number of aromatic nitrogens is 1. The summed E-state index contributed by atoms with van der Waals surface area (Å²) in [5, 5.41) is 4.48. The molecule has 2 aromatic carbocycles. The number of nitrogens with one attached hydrogen (secondary N) is 1.